The Morgan fingerprint density at radius 1 is 1.38 bits per heavy atom. The van der Waals surface area contributed by atoms with E-state index in [1.54, 1.807) is 6.92 Å². The zero-order chi connectivity index (χ0) is 15.1. The minimum Gasteiger partial charge on any atom is -0.466 e. The van der Waals surface area contributed by atoms with Crippen molar-refractivity contribution < 1.29 is 14.3 Å². The summed E-state index contributed by atoms with van der Waals surface area (Å²) in [4.78, 5) is 23.4. The molecule has 1 heterocycles. The smallest absolute Gasteiger partial charge is 0.305 e. The van der Waals surface area contributed by atoms with Crippen LogP contribution in [0.1, 0.15) is 36.9 Å². The highest BCUT2D eigenvalue weighted by molar-refractivity contribution is 5.84. The van der Waals surface area contributed by atoms with E-state index in [1.807, 2.05) is 18.2 Å². The standard InChI is InChI=1S/C16H22N2O3/c1-2-21-14(19)8-5-10-18-16(20)15-13-7-4-3-6-12(13)9-11-17-15/h3-4,6-7,15,17H,2,5,8-11H2,1H3,(H,18,20). The highest BCUT2D eigenvalue weighted by Gasteiger charge is 2.25. The average Bonchev–Trinajstić information content (AvgIpc) is 2.51. The Kier molecular flexibility index (Phi) is 5.75. The molecule has 0 radical (unpaired) electrons. The van der Waals surface area contributed by atoms with Gasteiger partial charge in [-0.1, -0.05) is 24.3 Å². The summed E-state index contributed by atoms with van der Waals surface area (Å²) in [6.45, 7) is 3.47. The number of hydrogen-bond acceptors (Lipinski definition) is 4. The van der Waals surface area contributed by atoms with Crippen LogP contribution in [0.4, 0.5) is 0 Å². The molecule has 1 amide bonds. The molecule has 5 nitrogen and oxygen atoms in total. The minimum absolute atomic E-state index is 0.0361. The summed E-state index contributed by atoms with van der Waals surface area (Å²) in [6, 6.07) is 7.71. The summed E-state index contributed by atoms with van der Waals surface area (Å²) >= 11 is 0. The zero-order valence-electron chi connectivity index (χ0n) is 12.4. The maximum atomic E-state index is 12.2. The van der Waals surface area contributed by atoms with E-state index in [4.69, 9.17) is 4.74 Å². The molecular formula is C16H22N2O3. The van der Waals surface area contributed by atoms with Crippen molar-refractivity contribution in [2.45, 2.75) is 32.2 Å². The van der Waals surface area contributed by atoms with Gasteiger partial charge in [0.1, 0.15) is 6.04 Å². The van der Waals surface area contributed by atoms with Crippen LogP contribution in [0.25, 0.3) is 0 Å². The van der Waals surface area contributed by atoms with E-state index in [9.17, 15) is 9.59 Å². The van der Waals surface area contributed by atoms with Crippen LogP contribution in [-0.2, 0) is 20.7 Å². The van der Waals surface area contributed by atoms with Crippen molar-refractivity contribution in [3.8, 4) is 0 Å². The molecule has 1 aromatic carbocycles. The third kappa shape index (κ3) is 4.29. The first-order valence-corrected chi connectivity index (χ1v) is 7.47. The van der Waals surface area contributed by atoms with Crippen molar-refractivity contribution in [1.29, 1.82) is 0 Å². The molecule has 0 saturated heterocycles. The molecule has 2 rings (SSSR count). The third-order valence-electron chi connectivity index (χ3n) is 3.53. The van der Waals surface area contributed by atoms with Gasteiger partial charge in [-0.15, -0.1) is 0 Å². The Morgan fingerprint density at radius 2 is 2.19 bits per heavy atom. The van der Waals surface area contributed by atoms with Crippen molar-refractivity contribution >= 4 is 11.9 Å². The Hall–Kier alpha value is -1.88. The highest BCUT2D eigenvalue weighted by Crippen LogP contribution is 2.22. The number of esters is 1. The molecule has 114 valence electrons. The summed E-state index contributed by atoms with van der Waals surface area (Å²) < 4.78 is 4.85. The van der Waals surface area contributed by atoms with Gasteiger partial charge in [0.25, 0.3) is 0 Å². The molecule has 0 saturated carbocycles. The first-order chi connectivity index (χ1) is 10.2. The molecule has 5 heteroatoms. The summed E-state index contributed by atoms with van der Waals surface area (Å²) in [7, 11) is 0. The lowest BCUT2D eigenvalue weighted by atomic mass is 9.94. The molecule has 0 aromatic heterocycles. The predicted molar refractivity (Wildman–Crippen MR) is 79.8 cm³/mol. The van der Waals surface area contributed by atoms with Gasteiger partial charge < -0.3 is 15.4 Å². The summed E-state index contributed by atoms with van der Waals surface area (Å²) in [5, 5.41) is 6.12. The number of rotatable bonds is 6. The van der Waals surface area contributed by atoms with Gasteiger partial charge in [0.05, 0.1) is 6.61 Å². The Morgan fingerprint density at radius 3 is 3.00 bits per heavy atom. The van der Waals surface area contributed by atoms with Gasteiger partial charge in [0, 0.05) is 19.5 Å². The number of fused-ring (bicyclic) bond motifs is 1. The Bertz CT molecular complexity index is 502. The van der Waals surface area contributed by atoms with Gasteiger partial charge in [-0.05, 0) is 30.9 Å². The van der Waals surface area contributed by atoms with Gasteiger partial charge in [-0.25, -0.2) is 0 Å². The molecule has 0 bridgehead atoms. The fraction of sp³-hybridized carbons (Fsp3) is 0.500. The number of amides is 1. The van der Waals surface area contributed by atoms with Crippen molar-refractivity contribution in [3.63, 3.8) is 0 Å². The van der Waals surface area contributed by atoms with E-state index in [1.165, 1.54) is 5.56 Å². The summed E-state index contributed by atoms with van der Waals surface area (Å²) in [5.41, 5.74) is 2.27. The lowest BCUT2D eigenvalue weighted by Gasteiger charge is -2.26. The Labute approximate surface area is 125 Å². The normalized spacial score (nSPS) is 16.9. The monoisotopic (exact) mass is 290 g/mol. The van der Waals surface area contributed by atoms with Gasteiger partial charge in [-0.2, -0.15) is 0 Å². The number of nitrogens with one attached hydrogen (secondary N) is 2. The molecular weight excluding hydrogens is 268 g/mol. The zero-order valence-corrected chi connectivity index (χ0v) is 12.4. The van der Waals surface area contributed by atoms with Crippen molar-refractivity contribution in [3.05, 3.63) is 35.4 Å². The molecule has 1 aromatic rings. The van der Waals surface area contributed by atoms with E-state index < -0.39 is 0 Å². The molecule has 1 atom stereocenters. The van der Waals surface area contributed by atoms with Crippen molar-refractivity contribution in [2.75, 3.05) is 19.7 Å². The van der Waals surface area contributed by atoms with E-state index in [-0.39, 0.29) is 17.9 Å². The third-order valence-corrected chi connectivity index (χ3v) is 3.53. The van der Waals surface area contributed by atoms with Gasteiger partial charge in [0.2, 0.25) is 5.91 Å². The summed E-state index contributed by atoms with van der Waals surface area (Å²) in [6.07, 6.45) is 1.88. The van der Waals surface area contributed by atoms with E-state index in [0.29, 0.717) is 26.0 Å². The minimum atomic E-state index is -0.294. The second-order valence-corrected chi connectivity index (χ2v) is 5.04. The van der Waals surface area contributed by atoms with Crippen LogP contribution in [0, 0.1) is 0 Å². The quantitative estimate of drug-likeness (QED) is 0.613. The fourth-order valence-corrected chi connectivity index (χ4v) is 2.52. The molecule has 2 N–H and O–H groups in total. The van der Waals surface area contributed by atoms with Gasteiger partial charge in [0.15, 0.2) is 0 Å². The van der Waals surface area contributed by atoms with E-state index in [0.717, 1.165) is 18.5 Å². The van der Waals surface area contributed by atoms with Gasteiger partial charge in [-0.3, -0.25) is 9.59 Å². The maximum Gasteiger partial charge on any atom is 0.305 e. The van der Waals surface area contributed by atoms with Crippen LogP contribution in [0.5, 0.6) is 0 Å². The molecule has 0 aliphatic carbocycles. The largest absolute Gasteiger partial charge is 0.466 e. The summed E-state index contributed by atoms with van der Waals surface area (Å²) in [5.74, 6) is -0.251. The topological polar surface area (TPSA) is 67.4 Å². The number of benzene rings is 1. The Balaban J connectivity index is 1.81. The lowest BCUT2D eigenvalue weighted by molar-refractivity contribution is -0.143. The SMILES string of the molecule is CCOC(=O)CCCNC(=O)C1NCCc2ccccc21. The van der Waals surface area contributed by atoms with E-state index in [2.05, 4.69) is 16.7 Å². The van der Waals surface area contributed by atoms with Crippen molar-refractivity contribution in [1.82, 2.24) is 10.6 Å². The fourth-order valence-electron chi connectivity index (χ4n) is 2.52. The number of hydrogen-bond donors (Lipinski definition) is 2. The highest BCUT2D eigenvalue weighted by atomic mass is 16.5. The van der Waals surface area contributed by atoms with Crippen LogP contribution in [-0.4, -0.2) is 31.6 Å². The first-order valence-electron chi connectivity index (χ1n) is 7.47. The van der Waals surface area contributed by atoms with Crippen LogP contribution in [0.3, 0.4) is 0 Å². The van der Waals surface area contributed by atoms with E-state index >= 15 is 0 Å². The molecule has 0 spiro atoms. The second kappa shape index (κ2) is 7.78. The number of carbonyl (C=O) groups is 2. The van der Waals surface area contributed by atoms with Gasteiger partial charge >= 0.3 is 5.97 Å². The lowest BCUT2D eigenvalue weighted by Crippen LogP contribution is -2.41. The van der Waals surface area contributed by atoms with Crippen LogP contribution < -0.4 is 10.6 Å². The average molecular weight is 290 g/mol. The molecule has 0 fully saturated rings. The predicted octanol–water partition coefficient (Wildman–Crippen LogP) is 1.33. The number of ether oxygens (including phenoxy) is 1. The first kappa shape index (κ1) is 15.5. The van der Waals surface area contributed by atoms with Crippen LogP contribution in [0.2, 0.25) is 0 Å². The maximum absolute atomic E-state index is 12.2. The second-order valence-electron chi connectivity index (χ2n) is 5.04. The number of carbonyl (C=O) groups excluding carboxylic acids is 2. The molecule has 1 unspecified atom stereocenters. The molecule has 1 aliphatic rings. The van der Waals surface area contributed by atoms with Crippen molar-refractivity contribution in [2.24, 2.45) is 0 Å². The van der Waals surface area contributed by atoms with Crippen LogP contribution >= 0.6 is 0 Å². The van der Waals surface area contributed by atoms with Crippen LogP contribution in [0.15, 0.2) is 24.3 Å². The molecule has 21 heavy (non-hydrogen) atoms. The molecule has 1 aliphatic heterocycles.